The number of nitrogens with one attached hydrogen (secondary N) is 2. The van der Waals surface area contributed by atoms with Gasteiger partial charge in [0.25, 0.3) is 0 Å². The van der Waals surface area contributed by atoms with Crippen LogP contribution in [0.15, 0.2) is 79.1 Å². The van der Waals surface area contributed by atoms with Gasteiger partial charge in [-0.25, -0.2) is 14.4 Å². The second-order valence-corrected chi connectivity index (χ2v) is 8.20. The fourth-order valence-corrected chi connectivity index (χ4v) is 3.31. The predicted octanol–water partition coefficient (Wildman–Crippen LogP) is 6.34. The first-order chi connectivity index (χ1) is 16.9. The van der Waals surface area contributed by atoms with Crippen LogP contribution in [0.3, 0.4) is 0 Å². The molecule has 8 heteroatoms. The number of anilines is 3. The van der Waals surface area contributed by atoms with Crippen molar-refractivity contribution in [3.8, 4) is 17.2 Å². The molecule has 4 rings (SSSR count). The van der Waals surface area contributed by atoms with Gasteiger partial charge in [-0.15, -0.1) is 0 Å². The van der Waals surface area contributed by atoms with E-state index in [1.807, 2.05) is 44.2 Å². The zero-order valence-electron chi connectivity index (χ0n) is 19.5. The molecule has 0 unspecified atom stereocenters. The van der Waals surface area contributed by atoms with Crippen LogP contribution in [0.4, 0.5) is 21.6 Å². The molecule has 0 radical (unpaired) electrons. The molecule has 35 heavy (non-hydrogen) atoms. The highest BCUT2D eigenvalue weighted by Gasteiger charge is 2.16. The van der Waals surface area contributed by atoms with Gasteiger partial charge in [-0.1, -0.05) is 44.2 Å². The van der Waals surface area contributed by atoms with E-state index in [9.17, 15) is 4.39 Å². The van der Waals surface area contributed by atoms with Crippen LogP contribution in [-0.4, -0.2) is 15.7 Å². The van der Waals surface area contributed by atoms with Gasteiger partial charge in [0.1, 0.15) is 47.4 Å². The molecular formula is C27H26FN5O2. The van der Waals surface area contributed by atoms with Crippen LogP contribution in [-0.2, 0) is 6.61 Å². The summed E-state index contributed by atoms with van der Waals surface area (Å²) in [6, 6.07) is 21.0. The average Bonchev–Trinajstić information content (AvgIpc) is 2.85. The minimum Gasteiger partial charge on any atom is -0.489 e. The van der Waals surface area contributed by atoms with Crippen molar-refractivity contribution < 1.29 is 13.9 Å². The SMILES string of the molecule is CC(C)C(=N)c1ncnc(N)c1Nc1ccc(Oc2cc(F)cc(OCc3ccccc3)c2)cc1. The summed E-state index contributed by atoms with van der Waals surface area (Å²) in [7, 11) is 0. The molecule has 0 fully saturated rings. The maximum Gasteiger partial charge on any atom is 0.151 e. The van der Waals surface area contributed by atoms with Crippen LogP contribution < -0.4 is 20.5 Å². The molecule has 0 amide bonds. The van der Waals surface area contributed by atoms with E-state index in [1.54, 1.807) is 30.3 Å². The topological polar surface area (TPSA) is 106 Å². The molecule has 0 aliphatic heterocycles. The first kappa shape index (κ1) is 23.7. The second kappa shape index (κ2) is 10.6. The van der Waals surface area contributed by atoms with Gasteiger partial charge >= 0.3 is 0 Å². The summed E-state index contributed by atoms with van der Waals surface area (Å²) in [5, 5.41) is 11.5. The van der Waals surface area contributed by atoms with Gasteiger partial charge in [-0.2, -0.15) is 0 Å². The van der Waals surface area contributed by atoms with Crippen molar-refractivity contribution in [2.45, 2.75) is 20.5 Å². The lowest BCUT2D eigenvalue weighted by Gasteiger charge is -2.15. The molecule has 0 aliphatic rings. The van der Waals surface area contributed by atoms with E-state index in [2.05, 4.69) is 15.3 Å². The summed E-state index contributed by atoms with van der Waals surface area (Å²) in [5.41, 5.74) is 9.03. The number of nitrogens with two attached hydrogens (primary N) is 1. The molecule has 1 aromatic heterocycles. The van der Waals surface area contributed by atoms with Crippen LogP contribution in [0.2, 0.25) is 0 Å². The third-order valence-corrected chi connectivity index (χ3v) is 5.16. The number of nitrogens with zero attached hydrogens (tertiary/aromatic N) is 2. The molecule has 4 aromatic rings. The highest BCUT2D eigenvalue weighted by Crippen LogP contribution is 2.30. The van der Waals surface area contributed by atoms with Gasteiger partial charge < -0.3 is 25.9 Å². The molecule has 0 spiro atoms. The minimum atomic E-state index is -0.455. The molecule has 0 bridgehead atoms. The van der Waals surface area contributed by atoms with E-state index in [0.717, 1.165) is 5.56 Å². The molecule has 0 atom stereocenters. The Hall–Kier alpha value is -4.46. The largest absolute Gasteiger partial charge is 0.489 e. The van der Waals surface area contributed by atoms with E-state index in [0.29, 0.717) is 46.6 Å². The monoisotopic (exact) mass is 471 g/mol. The number of ether oxygens (including phenoxy) is 2. The molecule has 3 aromatic carbocycles. The summed E-state index contributed by atoms with van der Waals surface area (Å²) in [5.74, 6) is 0.993. The third kappa shape index (κ3) is 6.11. The number of aromatic nitrogens is 2. The summed E-state index contributed by atoms with van der Waals surface area (Å²) in [6.45, 7) is 4.16. The summed E-state index contributed by atoms with van der Waals surface area (Å²) < 4.78 is 25.7. The quantitative estimate of drug-likeness (QED) is 0.246. The lowest BCUT2D eigenvalue weighted by atomic mass is 10.0. The third-order valence-electron chi connectivity index (χ3n) is 5.16. The lowest BCUT2D eigenvalue weighted by molar-refractivity contribution is 0.303. The average molecular weight is 472 g/mol. The van der Waals surface area contributed by atoms with Gasteiger partial charge in [0.2, 0.25) is 0 Å². The molecule has 4 N–H and O–H groups in total. The fourth-order valence-electron chi connectivity index (χ4n) is 3.31. The summed E-state index contributed by atoms with van der Waals surface area (Å²) in [4.78, 5) is 8.27. The highest BCUT2D eigenvalue weighted by atomic mass is 19.1. The zero-order chi connectivity index (χ0) is 24.8. The van der Waals surface area contributed by atoms with Gasteiger partial charge in [0.05, 0.1) is 5.71 Å². The van der Waals surface area contributed by atoms with Crippen molar-refractivity contribution in [2.24, 2.45) is 5.92 Å². The molecule has 1 heterocycles. The number of hydrogen-bond acceptors (Lipinski definition) is 7. The van der Waals surface area contributed by atoms with E-state index >= 15 is 0 Å². The van der Waals surface area contributed by atoms with Crippen molar-refractivity contribution in [1.29, 1.82) is 5.41 Å². The first-order valence-electron chi connectivity index (χ1n) is 11.1. The summed E-state index contributed by atoms with van der Waals surface area (Å²) in [6.07, 6.45) is 1.35. The van der Waals surface area contributed by atoms with Crippen LogP contribution in [0.1, 0.15) is 25.1 Å². The Bertz CT molecular complexity index is 1310. The number of hydrogen-bond donors (Lipinski definition) is 3. The van der Waals surface area contributed by atoms with Crippen LogP contribution >= 0.6 is 0 Å². The second-order valence-electron chi connectivity index (χ2n) is 8.20. The van der Waals surface area contributed by atoms with Crippen molar-refractivity contribution in [3.05, 3.63) is 96.2 Å². The van der Waals surface area contributed by atoms with Crippen molar-refractivity contribution in [3.63, 3.8) is 0 Å². The zero-order valence-corrected chi connectivity index (χ0v) is 19.5. The van der Waals surface area contributed by atoms with Crippen molar-refractivity contribution >= 4 is 22.9 Å². The number of rotatable bonds is 9. The molecule has 178 valence electrons. The molecule has 0 saturated heterocycles. The van der Waals surface area contributed by atoms with Gasteiger partial charge in [0.15, 0.2) is 5.82 Å². The van der Waals surface area contributed by atoms with E-state index in [-0.39, 0.29) is 11.7 Å². The highest BCUT2D eigenvalue weighted by molar-refractivity contribution is 6.04. The molecular weight excluding hydrogens is 445 g/mol. The number of nitrogen functional groups attached to an aromatic ring is 1. The maximum absolute atomic E-state index is 14.1. The smallest absolute Gasteiger partial charge is 0.151 e. The Morgan fingerprint density at radius 2 is 1.69 bits per heavy atom. The Morgan fingerprint density at radius 3 is 2.40 bits per heavy atom. The molecule has 7 nitrogen and oxygen atoms in total. The molecule has 0 aliphatic carbocycles. The van der Waals surface area contributed by atoms with Crippen LogP contribution in [0.5, 0.6) is 17.2 Å². The van der Waals surface area contributed by atoms with Crippen LogP contribution in [0, 0.1) is 17.1 Å². The fraction of sp³-hybridized carbons (Fsp3) is 0.148. The van der Waals surface area contributed by atoms with Gasteiger partial charge in [0, 0.05) is 23.9 Å². The van der Waals surface area contributed by atoms with Gasteiger partial charge in [-0.05, 0) is 35.7 Å². The Kier molecular flexibility index (Phi) is 7.21. The van der Waals surface area contributed by atoms with Crippen molar-refractivity contribution in [2.75, 3.05) is 11.1 Å². The number of benzene rings is 3. The van der Waals surface area contributed by atoms with Crippen LogP contribution in [0.25, 0.3) is 0 Å². The lowest BCUT2D eigenvalue weighted by Crippen LogP contribution is -2.14. The standard InChI is InChI=1S/C27H26FN5O2/c1-17(2)24(29)25-26(27(30)32-16-31-25)33-20-8-10-21(11-9-20)35-23-13-19(28)12-22(14-23)34-15-18-6-4-3-5-7-18/h3-14,16-17,29,33H,15H2,1-2H3,(H2,30,31,32). The Balaban J connectivity index is 1.46. The normalized spacial score (nSPS) is 10.7. The maximum atomic E-state index is 14.1. The molecule has 0 saturated carbocycles. The summed E-state index contributed by atoms with van der Waals surface area (Å²) >= 11 is 0. The van der Waals surface area contributed by atoms with E-state index in [4.69, 9.17) is 20.6 Å². The van der Waals surface area contributed by atoms with Gasteiger partial charge in [-0.3, -0.25) is 0 Å². The Labute approximate surface area is 203 Å². The van der Waals surface area contributed by atoms with Crippen molar-refractivity contribution in [1.82, 2.24) is 9.97 Å². The Morgan fingerprint density at radius 1 is 0.971 bits per heavy atom. The minimum absolute atomic E-state index is 0.0199. The first-order valence-corrected chi connectivity index (χ1v) is 11.1. The van der Waals surface area contributed by atoms with E-state index < -0.39 is 5.82 Å². The predicted molar refractivity (Wildman–Crippen MR) is 135 cm³/mol. The van der Waals surface area contributed by atoms with E-state index in [1.165, 1.54) is 18.5 Å². The number of halogens is 1.